The molecule has 18 heavy (non-hydrogen) atoms. The molecule has 0 saturated heterocycles. The molecule has 2 aromatic carbocycles. The quantitative estimate of drug-likeness (QED) is 0.741. The van der Waals surface area contributed by atoms with E-state index >= 15 is 0 Å². The summed E-state index contributed by atoms with van der Waals surface area (Å²) in [6.07, 6.45) is 0. The van der Waals surface area contributed by atoms with E-state index in [9.17, 15) is 0 Å². The lowest BCUT2D eigenvalue weighted by Gasteiger charge is -2.07. The first-order chi connectivity index (χ1) is 8.79. The molecule has 0 radical (unpaired) electrons. The van der Waals surface area contributed by atoms with Gasteiger partial charge in [0.05, 0.1) is 12.6 Å². The molecular weight excluding hydrogens is 224 g/mol. The number of aryl methyl sites for hydroxylation is 1. The molecule has 3 rings (SSSR count). The van der Waals surface area contributed by atoms with Crippen LogP contribution >= 0.6 is 0 Å². The molecule has 0 saturated carbocycles. The maximum Gasteiger partial charge on any atom is 0.128 e. The van der Waals surface area contributed by atoms with Crippen LogP contribution in [0.3, 0.4) is 0 Å². The molecule has 3 heteroatoms. The molecule has 0 aliphatic heterocycles. The predicted molar refractivity (Wildman–Crippen MR) is 72.8 cm³/mol. The molecule has 0 atom stereocenters. The van der Waals surface area contributed by atoms with Crippen molar-refractivity contribution in [2.45, 2.75) is 6.92 Å². The molecular formula is C15H14N2O. The summed E-state index contributed by atoms with van der Waals surface area (Å²) in [5.74, 6) is 0.845. The fraction of sp³-hybridized carbons (Fsp3) is 0.133. The van der Waals surface area contributed by atoms with E-state index in [0.29, 0.717) is 0 Å². The number of aromatic amines is 1. The molecule has 0 aliphatic rings. The first-order valence-electron chi connectivity index (χ1n) is 5.87. The van der Waals surface area contributed by atoms with Crippen molar-refractivity contribution >= 4 is 10.9 Å². The van der Waals surface area contributed by atoms with Gasteiger partial charge in [-0.05, 0) is 25.1 Å². The normalized spacial score (nSPS) is 10.8. The minimum absolute atomic E-state index is 0.845. The Morgan fingerprint density at radius 2 is 1.94 bits per heavy atom. The Hall–Kier alpha value is -2.29. The molecule has 1 heterocycles. The second-order valence-corrected chi connectivity index (χ2v) is 4.32. The van der Waals surface area contributed by atoms with Crippen LogP contribution in [-0.2, 0) is 0 Å². The first-order valence-corrected chi connectivity index (χ1v) is 5.87. The average Bonchev–Trinajstić information content (AvgIpc) is 2.82. The van der Waals surface area contributed by atoms with E-state index in [0.717, 1.165) is 27.9 Å². The Morgan fingerprint density at radius 3 is 2.78 bits per heavy atom. The number of ether oxygens (including phenoxy) is 1. The van der Waals surface area contributed by atoms with E-state index < -0.39 is 0 Å². The van der Waals surface area contributed by atoms with Crippen molar-refractivity contribution in [3.8, 4) is 17.0 Å². The maximum absolute atomic E-state index is 5.42. The fourth-order valence-electron chi connectivity index (χ4n) is 2.18. The van der Waals surface area contributed by atoms with Gasteiger partial charge in [0, 0.05) is 10.9 Å². The van der Waals surface area contributed by atoms with Crippen molar-refractivity contribution in [1.82, 2.24) is 10.2 Å². The second-order valence-electron chi connectivity index (χ2n) is 4.32. The summed E-state index contributed by atoms with van der Waals surface area (Å²) in [7, 11) is 1.68. The number of fused-ring (bicyclic) bond motifs is 1. The zero-order chi connectivity index (χ0) is 12.5. The van der Waals surface area contributed by atoms with Crippen LogP contribution in [-0.4, -0.2) is 17.3 Å². The third kappa shape index (κ3) is 1.64. The van der Waals surface area contributed by atoms with Crippen molar-refractivity contribution < 1.29 is 4.74 Å². The van der Waals surface area contributed by atoms with Crippen molar-refractivity contribution in [3.63, 3.8) is 0 Å². The summed E-state index contributed by atoms with van der Waals surface area (Å²) in [4.78, 5) is 0. The molecule has 1 aromatic heterocycles. The number of hydrogen-bond acceptors (Lipinski definition) is 2. The number of para-hydroxylation sites is 1. The molecule has 0 aliphatic carbocycles. The van der Waals surface area contributed by atoms with Crippen LogP contribution < -0.4 is 4.74 Å². The number of H-pyrrole nitrogens is 1. The highest BCUT2D eigenvalue weighted by Gasteiger charge is 2.12. The Labute approximate surface area is 105 Å². The highest BCUT2D eigenvalue weighted by molar-refractivity contribution is 5.94. The van der Waals surface area contributed by atoms with Gasteiger partial charge >= 0.3 is 0 Å². The Balaban J connectivity index is 2.29. The van der Waals surface area contributed by atoms with Crippen molar-refractivity contribution in [3.05, 3.63) is 48.0 Å². The van der Waals surface area contributed by atoms with Crippen molar-refractivity contribution in [2.75, 3.05) is 7.11 Å². The van der Waals surface area contributed by atoms with E-state index in [1.54, 1.807) is 7.11 Å². The summed E-state index contributed by atoms with van der Waals surface area (Å²) in [5.41, 5.74) is 4.19. The molecule has 3 aromatic rings. The van der Waals surface area contributed by atoms with Gasteiger partial charge in [-0.3, -0.25) is 5.10 Å². The lowest BCUT2D eigenvalue weighted by atomic mass is 10.0. The summed E-state index contributed by atoms with van der Waals surface area (Å²) in [6.45, 7) is 2.07. The molecule has 0 bridgehead atoms. The Morgan fingerprint density at radius 1 is 1.11 bits per heavy atom. The van der Waals surface area contributed by atoms with E-state index in [1.807, 2.05) is 30.3 Å². The topological polar surface area (TPSA) is 37.9 Å². The standard InChI is InChI=1S/C15H14N2O/c1-10-7-8-14(18-2)12(9-10)15-11-5-3-4-6-13(11)16-17-15/h3-9H,1-2H3,(H,16,17). The number of hydrogen-bond donors (Lipinski definition) is 1. The fourth-order valence-corrected chi connectivity index (χ4v) is 2.18. The number of nitrogens with zero attached hydrogens (tertiary/aromatic N) is 1. The van der Waals surface area contributed by atoms with Crippen LogP contribution in [0.25, 0.3) is 22.2 Å². The number of aromatic nitrogens is 2. The highest BCUT2D eigenvalue weighted by Crippen LogP contribution is 2.33. The predicted octanol–water partition coefficient (Wildman–Crippen LogP) is 3.55. The average molecular weight is 238 g/mol. The second kappa shape index (κ2) is 4.18. The van der Waals surface area contributed by atoms with E-state index in [4.69, 9.17) is 4.74 Å². The molecule has 0 amide bonds. The van der Waals surface area contributed by atoms with Gasteiger partial charge in [-0.1, -0.05) is 29.8 Å². The van der Waals surface area contributed by atoms with E-state index in [-0.39, 0.29) is 0 Å². The molecule has 0 fully saturated rings. The zero-order valence-corrected chi connectivity index (χ0v) is 10.4. The van der Waals surface area contributed by atoms with Gasteiger partial charge in [0.1, 0.15) is 11.4 Å². The van der Waals surface area contributed by atoms with Crippen LogP contribution in [0, 0.1) is 6.92 Å². The lowest BCUT2D eigenvalue weighted by Crippen LogP contribution is -1.89. The molecule has 0 unspecified atom stereocenters. The molecule has 0 spiro atoms. The summed E-state index contributed by atoms with van der Waals surface area (Å²) < 4.78 is 5.42. The minimum atomic E-state index is 0.845. The van der Waals surface area contributed by atoms with Gasteiger partial charge in [0.2, 0.25) is 0 Å². The highest BCUT2D eigenvalue weighted by atomic mass is 16.5. The monoisotopic (exact) mass is 238 g/mol. The number of nitrogens with one attached hydrogen (secondary N) is 1. The third-order valence-corrected chi connectivity index (χ3v) is 3.08. The lowest BCUT2D eigenvalue weighted by molar-refractivity contribution is 0.416. The van der Waals surface area contributed by atoms with Gasteiger partial charge in [0.25, 0.3) is 0 Å². The van der Waals surface area contributed by atoms with Gasteiger partial charge in [-0.25, -0.2) is 0 Å². The minimum Gasteiger partial charge on any atom is -0.496 e. The SMILES string of the molecule is COc1ccc(C)cc1-c1n[nH]c2ccccc12. The van der Waals surface area contributed by atoms with Crippen LogP contribution in [0.1, 0.15) is 5.56 Å². The number of benzene rings is 2. The summed E-state index contributed by atoms with van der Waals surface area (Å²) in [6, 6.07) is 14.2. The van der Waals surface area contributed by atoms with Gasteiger partial charge in [-0.15, -0.1) is 0 Å². The Bertz CT molecular complexity index is 701. The number of methoxy groups -OCH3 is 1. The van der Waals surface area contributed by atoms with Crippen molar-refractivity contribution in [1.29, 1.82) is 0 Å². The largest absolute Gasteiger partial charge is 0.496 e. The van der Waals surface area contributed by atoms with Crippen LogP contribution in [0.5, 0.6) is 5.75 Å². The molecule has 1 N–H and O–H groups in total. The van der Waals surface area contributed by atoms with Crippen LogP contribution in [0.2, 0.25) is 0 Å². The molecule has 90 valence electrons. The van der Waals surface area contributed by atoms with Gasteiger partial charge in [0.15, 0.2) is 0 Å². The molecule has 3 nitrogen and oxygen atoms in total. The maximum atomic E-state index is 5.42. The summed E-state index contributed by atoms with van der Waals surface area (Å²) in [5, 5.41) is 8.57. The van der Waals surface area contributed by atoms with E-state index in [2.05, 4.69) is 29.3 Å². The van der Waals surface area contributed by atoms with Crippen LogP contribution in [0.4, 0.5) is 0 Å². The number of rotatable bonds is 2. The smallest absolute Gasteiger partial charge is 0.128 e. The first kappa shape index (κ1) is 10.8. The summed E-state index contributed by atoms with van der Waals surface area (Å²) >= 11 is 0. The zero-order valence-electron chi connectivity index (χ0n) is 10.4. The van der Waals surface area contributed by atoms with Crippen molar-refractivity contribution in [2.24, 2.45) is 0 Å². The van der Waals surface area contributed by atoms with Crippen LogP contribution in [0.15, 0.2) is 42.5 Å². The van der Waals surface area contributed by atoms with Gasteiger partial charge < -0.3 is 4.74 Å². The van der Waals surface area contributed by atoms with E-state index in [1.165, 1.54) is 5.56 Å². The Kier molecular flexibility index (Phi) is 2.52. The third-order valence-electron chi connectivity index (χ3n) is 3.08. The van der Waals surface area contributed by atoms with Gasteiger partial charge in [-0.2, -0.15) is 5.10 Å².